The quantitative estimate of drug-likeness (QED) is 0.304. The van der Waals surface area contributed by atoms with E-state index >= 15 is 4.39 Å². The molecule has 1 heterocycles. The molecule has 5 unspecified atom stereocenters. The number of halogens is 1. The van der Waals surface area contributed by atoms with E-state index in [0.29, 0.717) is 0 Å². The standard InChI is InChI=1S/C20H21FN6O2S/c1-13-7-9-15(10-8-13)30-20-18(25-27-23)17(21)19(16(29-20)11-24-26-22)28-12-14-5-3-2-4-6-14/h2-10,16-20H,11-12H2,1H3. The van der Waals surface area contributed by atoms with Crippen LogP contribution in [0.5, 0.6) is 0 Å². The molecular weight excluding hydrogens is 407 g/mol. The van der Waals surface area contributed by atoms with Crippen LogP contribution >= 0.6 is 11.8 Å². The van der Waals surface area contributed by atoms with Crippen LogP contribution in [0.1, 0.15) is 11.1 Å². The third-order valence-corrected chi connectivity index (χ3v) is 5.83. The van der Waals surface area contributed by atoms with Gasteiger partial charge in [-0.2, -0.15) is 0 Å². The first-order chi connectivity index (χ1) is 14.6. The van der Waals surface area contributed by atoms with E-state index in [1.54, 1.807) is 0 Å². The van der Waals surface area contributed by atoms with Crippen molar-refractivity contribution in [3.63, 3.8) is 0 Å². The Hall–Kier alpha value is -2.74. The highest BCUT2D eigenvalue weighted by atomic mass is 32.2. The largest absolute Gasteiger partial charge is 0.368 e. The zero-order chi connectivity index (χ0) is 21.3. The van der Waals surface area contributed by atoms with Crippen molar-refractivity contribution < 1.29 is 13.9 Å². The van der Waals surface area contributed by atoms with Crippen molar-refractivity contribution in [2.75, 3.05) is 6.54 Å². The Labute approximate surface area is 177 Å². The van der Waals surface area contributed by atoms with Gasteiger partial charge < -0.3 is 9.47 Å². The minimum absolute atomic E-state index is 0.0929. The van der Waals surface area contributed by atoms with E-state index in [4.69, 9.17) is 20.5 Å². The molecule has 5 atom stereocenters. The molecule has 0 spiro atoms. The molecule has 0 radical (unpaired) electrons. The van der Waals surface area contributed by atoms with Crippen molar-refractivity contribution >= 4 is 11.8 Å². The van der Waals surface area contributed by atoms with Gasteiger partial charge in [-0.1, -0.05) is 70.0 Å². The number of hydrogen-bond donors (Lipinski definition) is 0. The molecule has 1 aliphatic heterocycles. The molecule has 0 aliphatic carbocycles. The second-order valence-electron chi connectivity index (χ2n) is 6.79. The fraction of sp³-hybridized carbons (Fsp3) is 0.400. The lowest BCUT2D eigenvalue weighted by Crippen LogP contribution is -2.55. The highest BCUT2D eigenvalue weighted by Gasteiger charge is 2.47. The molecule has 0 aromatic heterocycles. The topological polar surface area (TPSA) is 116 Å². The van der Waals surface area contributed by atoms with E-state index in [0.717, 1.165) is 16.0 Å². The summed E-state index contributed by atoms with van der Waals surface area (Å²) < 4.78 is 27.3. The maximum atomic E-state index is 15.5. The Morgan fingerprint density at radius 3 is 2.50 bits per heavy atom. The van der Waals surface area contributed by atoms with Crippen molar-refractivity contribution in [1.82, 2.24) is 0 Å². The molecule has 2 aromatic carbocycles. The summed E-state index contributed by atoms with van der Waals surface area (Å²) in [7, 11) is 0. The maximum absolute atomic E-state index is 15.5. The summed E-state index contributed by atoms with van der Waals surface area (Å²) >= 11 is 1.26. The van der Waals surface area contributed by atoms with Gasteiger partial charge in [0.1, 0.15) is 23.8 Å². The van der Waals surface area contributed by atoms with Crippen LogP contribution in [0.2, 0.25) is 0 Å². The van der Waals surface area contributed by atoms with Gasteiger partial charge in [0.2, 0.25) is 0 Å². The molecule has 0 N–H and O–H groups in total. The lowest BCUT2D eigenvalue weighted by Gasteiger charge is -2.41. The Kier molecular flexibility index (Phi) is 7.96. The van der Waals surface area contributed by atoms with Gasteiger partial charge >= 0.3 is 0 Å². The zero-order valence-corrected chi connectivity index (χ0v) is 17.1. The third kappa shape index (κ3) is 5.66. The zero-order valence-electron chi connectivity index (χ0n) is 16.3. The molecular formula is C20H21FN6O2S. The van der Waals surface area contributed by atoms with E-state index < -0.39 is 29.9 Å². The van der Waals surface area contributed by atoms with Crippen molar-refractivity contribution in [1.29, 1.82) is 0 Å². The normalized spacial score (nSPS) is 25.7. The number of benzene rings is 2. The smallest absolute Gasteiger partial charge is 0.141 e. The molecule has 2 aromatic rings. The summed E-state index contributed by atoms with van der Waals surface area (Å²) in [6.07, 6.45) is -3.48. The summed E-state index contributed by atoms with van der Waals surface area (Å²) in [6.45, 7) is 2.03. The molecule has 10 heteroatoms. The number of azide groups is 2. The van der Waals surface area contributed by atoms with Gasteiger partial charge in [0, 0.05) is 14.7 Å². The monoisotopic (exact) mass is 428 g/mol. The Morgan fingerprint density at radius 1 is 1.10 bits per heavy atom. The summed E-state index contributed by atoms with van der Waals surface area (Å²) in [5.74, 6) is 0. The highest BCUT2D eigenvalue weighted by molar-refractivity contribution is 7.99. The fourth-order valence-corrected chi connectivity index (χ4v) is 4.24. The lowest BCUT2D eigenvalue weighted by atomic mass is 9.99. The minimum atomic E-state index is -1.62. The van der Waals surface area contributed by atoms with Gasteiger partial charge in [-0.25, -0.2) is 4.39 Å². The summed E-state index contributed by atoms with van der Waals surface area (Å²) in [6, 6.07) is 15.9. The average Bonchev–Trinajstić information content (AvgIpc) is 2.76. The van der Waals surface area contributed by atoms with Gasteiger partial charge in [-0.15, -0.1) is 0 Å². The van der Waals surface area contributed by atoms with Crippen molar-refractivity contribution in [2.24, 2.45) is 10.2 Å². The van der Waals surface area contributed by atoms with Crippen LogP contribution in [-0.2, 0) is 16.1 Å². The van der Waals surface area contributed by atoms with Crippen LogP contribution < -0.4 is 0 Å². The number of hydrogen-bond acceptors (Lipinski definition) is 5. The fourth-order valence-electron chi connectivity index (χ4n) is 3.14. The predicted octanol–water partition coefficient (Wildman–Crippen LogP) is 5.72. The average molecular weight is 428 g/mol. The Balaban J connectivity index is 1.81. The van der Waals surface area contributed by atoms with E-state index in [1.165, 1.54) is 11.8 Å². The molecule has 1 fully saturated rings. The van der Waals surface area contributed by atoms with E-state index in [2.05, 4.69) is 20.1 Å². The molecule has 0 amide bonds. The van der Waals surface area contributed by atoms with Crippen LogP contribution in [0.15, 0.2) is 69.7 Å². The van der Waals surface area contributed by atoms with Crippen molar-refractivity contribution in [2.45, 2.75) is 48.3 Å². The summed E-state index contributed by atoms with van der Waals surface area (Å²) in [4.78, 5) is 6.42. The number of alkyl halides is 1. The predicted molar refractivity (Wildman–Crippen MR) is 113 cm³/mol. The van der Waals surface area contributed by atoms with Crippen LogP contribution in [-0.4, -0.2) is 36.4 Å². The molecule has 3 rings (SSSR count). The Morgan fingerprint density at radius 2 is 1.83 bits per heavy atom. The SMILES string of the molecule is Cc1ccc(SC2OC(CN=[N+]=[N-])C(OCc3ccccc3)C(F)C2N=[N+]=[N-])cc1. The number of rotatable bonds is 8. The van der Waals surface area contributed by atoms with Crippen LogP contribution in [0.4, 0.5) is 4.39 Å². The first-order valence-corrected chi connectivity index (χ1v) is 10.2. The highest BCUT2D eigenvalue weighted by Crippen LogP contribution is 2.37. The van der Waals surface area contributed by atoms with Crippen LogP contribution in [0.3, 0.4) is 0 Å². The number of aryl methyl sites for hydroxylation is 1. The van der Waals surface area contributed by atoms with Crippen LogP contribution in [0, 0.1) is 6.92 Å². The molecule has 1 saturated heterocycles. The molecule has 8 nitrogen and oxygen atoms in total. The maximum Gasteiger partial charge on any atom is 0.141 e. The van der Waals surface area contributed by atoms with Gasteiger partial charge in [-0.05, 0) is 35.7 Å². The molecule has 0 saturated carbocycles. The van der Waals surface area contributed by atoms with E-state index in [9.17, 15) is 0 Å². The van der Waals surface area contributed by atoms with E-state index in [-0.39, 0.29) is 13.2 Å². The molecule has 30 heavy (non-hydrogen) atoms. The van der Waals surface area contributed by atoms with Crippen molar-refractivity contribution in [3.8, 4) is 0 Å². The second kappa shape index (κ2) is 10.9. The van der Waals surface area contributed by atoms with Gasteiger partial charge in [-0.3, -0.25) is 0 Å². The second-order valence-corrected chi connectivity index (χ2v) is 7.96. The summed E-state index contributed by atoms with van der Waals surface area (Å²) in [5.41, 5.74) is 18.9. The number of ether oxygens (including phenoxy) is 2. The van der Waals surface area contributed by atoms with E-state index in [1.807, 2.05) is 61.5 Å². The molecule has 1 aliphatic rings. The first-order valence-electron chi connectivity index (χ1n) is 9.36. The first kappa shape index (κ1) is 22.0. The molecule has 156 valence electrons. The number of nitrogens with zero attached hydrogens (tertiary/aromatic N) is 6. The van der Waals surface area contributed by atoms with Gasteiger partial charge in [0.15, 0.2) is 0 Å². The minimum Gasteiger partial charge on any atom is -0.368 e. The number of thioether (sulfide) groups is 1. The van der Waals surface area contributed by atoms with Crippen LogP contribution in [0.25, 0.3) is 20.9 Å². The Bertz CT molecular complexity index is 917. The van der Waals surface area contributed by atoms with Crippen molar-refractivity contribution in [3.05, 3.63) is 86.6 Å². The third-order valence-electron chi connectivity index (χ3n) is 4.66. The summed E-state index contributed by atoms with van der Waals surface area (Å²) in [5, 5.41) is 7.21. The molecule has 0 bridgehead atoms. The van der Waals surface area contributed by atoms with Gasteiger partial charge in [0.05, 0.1) is 19.3 Å². The lowest BCUT2D eigenvalue weighted by molar-refractivity contribution is -0.157. The van der Waals surface area contributed by atoms with Gasteiger partial charge in [0.25, 0.3) is 0 Å².